The lowest BCUT2D eigenvalue weighted by molar-refractivity contribution is 0.306. The highest BCUT2D eigenvalue weighted by Crippen LogP contribution is 2.17. The minimum Gasteiger partial charge on any atom is -0.489 e. The lowest BCUT2D eigenvalue weighted by atomic mass is 10.1. The molecule has 0 saturated heterocycles. The van der Waals surface area contributed by atoms with E-state index < -0.39 is 0 Å². The van der Waals surface area contributed by atoms with Gasteiger partial charge >= 0.3 is 0 Å². The van der Waals surface area contributed by atoms with Crippen molar-refractivity contribution in [1.29, 1.82) is 0 Å². The van der Waals surface area contributed by atoms with E-state index in [9.17, 15) is 0 Å². The average Bonchev–Trinajstić information content (AvgIpc) is 2.43. The monoisotopic (exact) mass is 269 g/mol. The number of aryl methyl sites for hydroxylation is 2. The van der Waals surface area contributed by atoms with Crippen molar-refractivity contribution in [3.8, 4) is 5.75 Å². The van der Waals surface area contributed by atoms with Crippen LogP contribution in [0.25, 0.3) is 0 Å². The molecule has 0 heterocycles. The maximum atomic E-state index is 5.86. The maximum Gasteiger partial charge on any atom is 0.120 e. The topological polar surface area (TPSA) is 21.3 Å². The first-order valence-electron chi connectivity index (χ1n) is 7.17. The van der Waals surface area contributed by atoms with E-state index in [4.69, 9.17) is 4.74 Å². The molecule has 2 aromatic carbocycles. The highest BCUT2D eigenvalue weighted by Gasteiger charge is 1.99. The van der Waals surface area contributed by atoms with Gasteiger partial charge in [-0.1, -0.05) is 37.3 Å². The summed E-state index contributed by atoms with van der Waals surface area (Å²) in [5, 5.41) is 3.32. The number of benzene rings is 2. The highest BCUT2D eigenvalue weighted by atomic mass is 16.5. The summed E-state index contributed by atoms with van der Waals surface area (Å²) in [5.74, 6) is 0.944. The van der Waals surface area contributed by atoms with E-state index in [1.807, 2.05) is 0 Å². The zero-order valence-electron chi connectivity index (χ0n) is 12.6. The largest absolute Gasteiger partial charge is 0.489 e. The molecule has 0 radical (unpaired) electrons. The Bertz CT molecular complexity index is 526. The first-order valence-corrected chi connectivity index (χ1v) is 7.17. The van der Waals surface area contributed by atoms with Crippen LogP contribution in [0.15, 0.2) is 42.5 Å². The Morgan fingerprint density at radius 2 is 1.50 bits per heavy atom. The fraction of sp³-hybridized carbons (Fsp3) is 0.333. The molecule has 0 aliphatic heterocycles. The molecule has 1 N–H and O–H groups in total. The molecule has 0 fully saturated rings. The van der Waals surface area contributed by atoms with Crippen molar-refractivity contribution in [1.82, 2.24) is 5.32 Å². The van der Waals surface area contributed by atoms with Gasteiger partial charge in [0.05, 0.1) is 0 Å². The molecular weight excluding hydrogens is 246 g/mol. The molecule has 0 aromatic heterocycles. The van der Waals surface area contributed by atoms with E-state index in [1.165, 1.54) is 22.3 Å². The number of ether oxygens (including phenoxy) is 1. The van der Waals surface area contributed by atoms with E-state index in [0.29, 0.717) is 6.61 Å². The number of rotatable bonds is 6. The summed E-state index contributed by atoms with van der Waals surface area (Å²) in [6, 6.07) is 14.9. The quantitative estimate of drug-likeness (QED) is 0.856. The van der Waals surface area contributed by atoms with Crippen LogP contribution in [0.1, 0.15) is 29.2 Å². The summed E-state index contributed by atoms with van der Waals surface area (Å²) in [5.41, 5.74) is 4.98. The van der Waals surface area contributed by atoms with Crippen molar-refractivity contribution in [2.24, 2.45) is 0 Å². The Hall–Kier alpha value is -1.80. The predicted molar refractivity (Wildman–Crippen MR) is 84.1 cm³/mol. The molecule has 2 aromatic rings. The summed E-state index contributed by atoms with van der Waals surface area (Å²) < 4.78 is 5.86. The maximum absolute atomic E-state index is 5.86. The predicted octanol–water partition coefficient (Wildman–Crippen LogP) is 3.99. The molecule has 0 bridgehead atoms. The van der Waals surface area contributed by atoms with Gasteiger partial charge in [-0.15, -0.1) is 0 Å². The third kappa shape index (κ3) is 4.39. The van der Waals surface area contributed by atoms with Gasteiger partial charge in [0.1, 0.15) is 12.4 Å². The van der Waals surface area contributed by atoms with Gasteiger partial charge in [0.15, 0.2) is 0 Å². The Morgan fingerprint density at radius 3 is 2.10 bits per heavy atom. The molecule has 0 atom stereocenters. The number of hydrogen-bond acceptors (Lipinski definition) is 2. The van der Waals surface area contributed by atoms with Crippen molar-refractivity contribution in [3.63, 3.8) is 0 Å². The Balaban J connectivity index is 1.93. The van der Waals surface area contributed by atoms with E-state index in [1.54, 1.807) is 0 Å². The summed E-state index contributed by atoms with van der Waals surface area (Å²) >= 11 is 0. The SMILES string of the molecule is CCNCc1ccc(COc2cc(C)cc(C)c2)cc1. The van der Waals surface area contributed by atoms with E-state index in [-0.39, 0.29) is 0 Å². The second-order valence-electron chi connectivity index (χ2n) is 5.21. The minimum atomic E-state index is 0.615. The van der Waals surface area contributed by atoms with Crippen LogP contribution in [0.2, 0.25) is 0 Å². The third-order valence-electron chi connectivity index (χ3n) is 3.20. The van der Waals surface area contributed by atoms with Crippen LogP contribution in [0.3, 0.4) is 0 Å². The van der Waals surface area contributed by atoms with Crippen LogP contribution in [-0.2, 0) is 13.2 Å². The second-order valence-corrected chi connectivity index (χ2v) is 5.21. The fourth-order valence-electron chi connectivity index (χ4n) is 2.21. The van der Waals surface area contributed by atoms with Crippen LogP contribution in [0.5, 0.6) is 5.75 Å². The van der Waals surface area contributed by atoms with E-state index in [2.05, 4.69) is 68.6 Å². The van der Waals surface area contributed by atoms with Gasteiger partial charge in [-0.05, 0) is 54.8 Å². The van der Waals surface area contributed by atoms with Crippen LogP contribution < -0.4 is 10.1 Å². The van der Waals surface area contributed by atoms with Gasteiger partial charge < -0.3 is 10.1 Å². The van der Waals surface area contributed by atoms with Gasteiger partial charge in [0, 0.05) is 6.54 Å². The fourth-order valence-corrected chi connectivity index (χ4v) is 2.21. The molecule has 106 valence electrons. The molecule has 0 saturated carbocycles. The third-order valence-corrected chi connectivity index (χ3v) is 3.20. The van der Waals surface area contributed by atoms with Crippen LogP contribution in [0.4, 0.5) is 0 Å². The minimum absolute atomic E-state index is 0.615. The molecular formula is C18H23NO. The lowest BCUT2D eigenvalue weighted by Gasteiger charge is -2.09. The van der Waals surface area contributed by atoms with Crippen LogP contribution in [0, 0.1) is 13.8 Å². The highest BCUT2D eigenvalue weighted by molar-refractivity contribution is 5.33. The first kappa shape index (κ1) is 14.6. The second kappa shape index (κ2) is 7.11. The molecule has 0 spiro atoms. The summed E-state index contributed by atoms with van der Waals surface area (Å²) in [7, 11) is 0. The van der Waals surface area contributed by atoms with Gasteiger partial charge in [-0.25, -0.2) is 0 Å². The molecule has 0 unspecified atom stereocenters. The molecule has 20 heavy (non-hydrogen) atoms. The van der Waals surface area contributed by atoms with Crippen molar-refractivity contribution < 1.29 is 4.74 Å². The van der Waals surface area contributed by atoms with Crippen LogP contribution in [-0.4, -0.2) is 6.54 Å². The Morgan fingerprint density at radius 1 is 0.900 bits per heavy atom. The van der Waals surface area contributed by atoms with Gasteiger partial charge in [0.2, 0.25) is 0 Å². The average molecular weight is 269 g/mol. The zero-order valence-corrected chi connectivity index (χ0v) is 12.6. The smallest absolute Gasteiger partial charge is 0.120 e. The van der Waals surface area contributed by atoms with Crippen molar-refractivity contribution in [2.75, 3.05) is 6.54 Å². The Kier molecular flexibility index (Phi) is 5.19. The van der Waals surface area contributed by atoms with Gasteiger partial charge in [-0.3, -0.25) is 0 Å². The van der Waals surface area contributed by atoms with Crippen molar-refractivity contribution in [2.45, 2.75) is 33.9 Å². The van der Waals surface area contributed by atoms with Gasteiger partial charge in [-0.2, -0.15) is 0 Å². The molecule has 0 aliphatic carbocycles. The molecule has 2 rings (SSSR count). The summed E-state index contributed by atoms with van der Waals surface area (Å²) in [4.78, 5) is 0. The molecule has 0 aliphatic rings. The molecule has 0 amide bonds. The van der Waals surface area contributed by atoms with Gasteiger partial charge in [0.25, 0.3) is 0 Å². The lowest BCUT2D eigenvalue weighted by Crippen LogP contribution is -2.11. The van der Waals surface area contributed by atoms with Crippen LogP contribution >= 0.6 is 0 Å². The first-order chi connectivity index (χ1) is 9.67. The van der Waals surface area contributed by atoms with E-state index in [0.717, 1.165) is 18.8 Å². The normalized spacial score (nSPS) is 10.6. The van der Waals surface area contributed by atoms with Crippen molar-refractivity contribution in [3.05, 3.63) is 64.7 Å². The standard InChI is InChI=1S/C18H23NO/c1-4-19-12-16-5-7-17(8-6-16)13-20-18-10-14(2)9-15(3)11-18/h5-11,19H,4,12-13H2,1-3H3. The van der Waals surface area contributed by atoms with E-state index >= 15 is 0 Å². The number of nitrogens with one attached hydrogen (secondary N) is 1. The Labute approximate surface area is 121 Å². The number of hydrogen-bond donors (Lipinski definition) is 1. The summed E-state index contributed by atoms with van der Waals surface area (Å²) in [6.07, 6.45) is 0. The zero-order chi connectivity index (χ0) is 14.4. The van der Waals surface area contributed by atoms with Crippen molar-refractivity contribution >= 4 is 0 Å². The molecule has 2 nitrogen and oxygen atoms in total. The molecule has 2 heteroatoms. The summed E-state index contributed by atoms with van der Waals surface area (Å²) in [6.45, 7) is 8.84.